The molecule has 1 aliphatic carbocycles. The minimum Gasteiger partial charge on any atom is -0.304 e. The summed E-state index contributed by atoms with van der Waals surface area (Å²) < 4.78 is 0. The summed E-state index contributed by atoms with van der Waals surface area (Å²) in [5, 5.41) is 0. The van der Waals surface area contributed by atoms with Crippen molar-refractivity contribution < 1.29 is 0 Å². The molecular formula is C9H18N2. The molecular weight excluding hydrogens is 136 g/mol. The third-order valence-corrected chi connectivity index (χ3v) is 2.81. The van der Waals surface area contributed by atoms with Crippen LogP contribution in [0.15, 0.2) is 0 Å². The number of hydrogen-bond donors (Lipinski definition) is 0. The largest absolute Gasteiger partial charge is 0.304 e. The van der Waals surface area contributed by atoms with Gasteiger partial charge in [0.05, 0.1) is 0 Å². The summed E-state index contributed by atoms with van der Waals surface area (Å²) in [6, 6.07) is 0. The third-order valence-electron chi connectivity index (χ3n) is 2.81. The Kier molecular flexibility index (Phi) is 2.14. The highest BCUT2D eigenvalue weighted by Gasteiger charge is 2.25. The Morgan fingerprint density at radius 2 is 1.73 bits per heavy atom. The molecule has 2 nitrogen and oxygen atoms in total. The topological polar surface area (TPSA) is 6.48 Å². The van der Waals surface area contributed by atoms with Crippen molar-refractivity contribution in [1.29, 1.82) is 0 Å². The van der Waals surface area contributed by atoms with Crippen molar-refractivity contribution in [2.24, 2.45) is 5.92 Å². The second-order valence-corrected chi connectivity index (χ2v) is 4.05. The highest BCUT2D eigenvalue weighted by Crippen LogP contribution is 2.29. The van der Waals surface area contributed by atoms with Gasteiger partial charge in [0.25, 0.3) is 0 Å². The fraction of sp³-hybridized carbons (Fsp3) is 1.00. The van der Waals surface area contributed by atoms with Gasteiger partial charge >= 0.3 is 0 Å². The molecule has 0 aromatic rings. The van der Waals surface area contributed by atoms with Crippen LogP contribution in [0.2, 0.25) is 0 Å². The van der Waals surface area contributed by atoms with E-state index in [1.807, 2.05) is 0 Å². The van der Waals surface area contributed by atoms with E-state index >= 15 is 0 Å². The van der Waals surface area contributed by atoms with Crippen LogP contribution in [0.5, 0.6) is 0 Å². The lowest BCUT2D eigenvalue weighted by atomic mass is 10.3. The average Bonchev–Trinajstić information content (AvgIpc) is 2.78. The van der Waals surface area contributed by atoms with E-state index in [4.69, 9.17) is 0 Å². The van der Waals surface area contributed by atoms with Crippen LogP contribution >= 0.6 is 0 Å². The zero-order valence-electron chi connectivity index (χ0n) is 7.42. The van der Waals surface area contributed by atoms with Crippen LogP contribution in [-0.4, -0.2) is 49.6 Å². The monoisotopic (exact) mass is 154 g/mol. The number of rotatable bonds is 2. The lowest BCUT2D eigenvalue weighted by Gasteiger charge is -2.32. The van der Waals surface area contributed by atoms with Crippen LogP contribution in [0.3, 0.4) is 0 Å². The zero-order chi connectivity index (χ0) is 7.68. The van der Waals surface area contributed by atoms with Gasteiger partial charge < -0.3 is 9.80 Å². The second-order valence-electron chi connectivity index (χ2n) is 4.05. The maximum Gasteiger partial charge on any atom is 0.0110 e. The number of likely N-dealkylation sites (N-methyl/N-ethyl adjacent to an activating group) is 1. The summed E-state index contributed by atoms with van der Waals surface area (Å²) in [7, 11) is 2.22. The molecule has 0 unspecified atom stereocenters. The maximum absolute atomic E-state index is 2.62. The molecule has 0 spiro atoms. The Labute approximate surface area is 69.2 Å². The Hall–Kier alpha value is -0.0800. The Bertz CT molecular complexity index is 124. The normalized spacial score (nSPS) is 29.2. The van der Waals surface area contributed by atoms with Gasteiger partial charge in [0, 0.05) is 32.7 Å². The molecule has 1 heterocycles. The molecule has 0 bridgehead atoms. The van der Waals surface area contributed by atoms with Gasteiger partial charge in [-0.2, -0.15) is 0 Å². The fourth-order valence-corrected chi connectivity index (χ4v) is 1.70. The van der Waals surface area contributed by atoms with E-state index in [-0.39, 0.29) is 0 Å². The lowest BCUT2D eigenvalue weighted by molar-refractivity contribution is 0.149. The van der Waals surface area contributed by atoms with Crippen molar-refractivity contribution in [2.45, 2.75) is 12.8 Å². The molecule has 0 radical (unpaired) electrons. The van der Waals surface area contributed by atoms with Crippen LogP contribution < -0.4 is 0 Å². The van der Waals surface area contributed by atoms with E-state index in [2.05, 4.69) is 16.8 Å². The van der Waals surface area contributed by atoms with E-state index in [0.717, 1.165) is 5.92 Å². The van der Waals surface area contributed by atoms with Gasteiger partial charge in [-0.1, -0.05) is 0 Å². The highest BCUT2D eigenvalue weighted by atomic mass is 15.2. The summed E-state index contributed by atoms with van der Waals surface area (Å²) in [5.41, 5.74) is 0. The quantitative estimate of drug-likeness (QED) is 0.576. The summed E-state index contributed by atoms with van der Waals surface area (Å²) in [6.07, 6.45) is 2.98. The molecule has 2 fully saturated rings. The van der Waals surface area contributed by atoms with Crippen LogP contribution in [0, 0.1) is 5.92 Å². The smallest absolute Gasteiger partial charge is 0.0110 e. The van der Waals surface area contributed by atoms with Gasteiger partial charge in [-0.25, -0.2) is 0 Å². The predicted octanol–water partition coefficient (Wildman–Crippen LogP) is 0.644. The summed E-state index contributed by atoms with van der Waals surface area (Å²) in [4.78, 5) is 5.04. The van der Waals surface area contributed by atoms with Crippen molar-refractivity contribution in [2.75, 3.05) is 39.8 Å². The zero-order valence-corrected chi connectivity index (χ0v) is 7.42. The summed E-state index contributed by atoms with van der Waals surface area (Å²) >= 11 is 0. The Morgan fingerprint density at radius 1 is 1.09 bits per heavy atom. The standard InChI is InChI=1S/C9H18N2/c1-10-4-6-11(7-5-10)8-9-2-3-9/h9H,2-8H2,1H3. The SMILES string of the molecule is CN1CCN(CC2CC2)CC1. The fourth-order valence-electron chi connectivity index (χ4n) is 1.70. The first-order valence-corrected chi connectivity index (χ1v) is 4.75. The number of hydrogen-bond acceptors (Lipinski definition) is 2. The highest BCUT2D eigenvalue weighted by molar-refractivity contribution is 4.79. The first-order chi connectivity index (χ1) is 5.34. The second kappa shape index (κ2) is 3.11. The van der Waals surface area contributed by atoms with Gasteiger partial charge in [0.15, 0.2) is 0 Å². The average molecular weight is 154 g/mol. The van der Waals surface area contributed by atoms with Crippen molar-refractivity contribution in [3.63, 3.8) is 0 Å². The maximum atomic E-state index is 2.62. The van der Waals surface area contributed by atoms with E-state index in [1.54, 1.807) is 0 Å². The van der Waals surface area contributed by atoms with Crippen LogP contribution in [0.25, 0.3) is 0 Å². The molecule has 0 atom stereocenters. The lowest BCUT2D eigenvalue weighted by Crippen LogP contribution is -2.45. The minimum atomic E-state index is 1.07. The first kappa shape index (κ1) is 7.56. The number of piperazine rings is 1. The van der Waals surface area contributed by atoms with Crippen molar-refractivity contribution in [3.05, 3.63) is 0 Å². The summed E-state index contributed by atoms with van der Waals surface area (Å²) in [6.45, 7) is 6.52. The third kappa shape index (κ3) is 2.17. The van der Waals surface area contributed by atoms with Crippen LogP contribution in [-0.2, 0) is 0 Å². The van der Waals surface area contributed by atoms with Crippen LogP contribution in [0.1, 0.15) is 12.8 Å². The molecule has 2 heteroatoms. The molecule has 64 valence electrons. The Balaban J connectivity index is 1.69. The molecule has 0 aromatic heterocycles. The van der Waals surface area contributed by atoms with E-state index in [9.17, 15) is 0 Å². The number of nitrogens with zero attached hydrogens (tertiary/aromatic N) is 2. The van der Waals surface area contributed by atoms with Crippen molar-refractivity contribution in [1.82, 2.24) is 9.80 Å². The van der Waals surface area contributed by atoms with Crippen LogP contribution in [0.4, 0.5) is 0 Å². The molecule has 0 aromatic carbocycles. The van der Waals surface area contributed by atoms with Gasteiger partial charge in [-0.15, -0.1) is 0 Å². The van der Waals surface area contributed by atoms with Crippen molar-refractivity contribution in [3.8, 4) is 0 Å². The van der Waals surface area contributed by atoms with E-state index < -0.39 is 0 Å². The molecule has 1 saturated heterocycles. The molecule has 0 N–H and O–H groups in total. The first-order valence-electron chi connectivity index (χ1n) is 4.75. The predicted molar refractivity (Wildman–Crippen MR) is 46.7 cm³/mol. The summed E-state index contributed by atoms with van der Waals surface area (Å²) in [5.74, 6) is 1.07. The van der Waals surface area contributed by atoms with E-state index in [1.165, 1.54) is 45.6 Å². The van der Waals surface area contributed by atoms with Crippen molar-refractivity contribution >= 4 is 0 Å². The molecule has 2 aliphatic rings. The minimum absolute atomic E-state index is 1.07. The molecule has 1 aliphatic heterocycles. The molecule has 2 rings (SSSR count). The van der Waals surface area contributed by atoms with E-state index in [0.29, 0.717) is 0 Å². The molecule has 1 saturated carbocycles. The Morgan fingerprint density at radius 3 is 2.27 bits per heavy atom. The van der Waals surface area contributed by atoms with Gasteiger partial charge in [0.2, 0.25) is 0 Å². The van der Waals surface area contributed by atoms with Gasteiger partial charge in [-0.05, 0) is 25.8 Å². The van der Waals surface area contributed by atoms with Gasteiger partial charge in [0.1, 0.15) is 0 Å². The van der Waals surface area contributed by atoms with Gasteiger partial charge in [-0.3, -0.25) is 0 Å². The molecule has 11 heavy (non-hydrogen) atoms. The molecule has 0 amide bonds.